The number of thiazole rings is 1. The number of nitrogens with zero attached hydrogens (tertiary/aromatic N) is 3. The quantitative estimate of drug-likeness (QED) is 0.360. The van der Waals surface area contributed by atoms with E-state index in [0.29, 0.717) is 34.2 Å². The van der Waals surface area contributed by atoms with E-state index in [1.165, 1.54) is 6.20 Å². The first-order valence-corrected chi connectivity index (χ1v) is 10.2. The molecule has 1 aromatic carbocycles. The van der Waals surface area contributed by atoms with Crippen molar-refractivity contribution in [3.8, 4) is 11.1 Å². The maximum atomic E-state index is 12.7. The number of carbonyl (C=O) groups is 2. The third-order valence-electron chi connectivity index (χ3n) is 4.54. The highest BCUT2D eigenvalue weighted by Gasteiger charge is 2.33. The first kappa shape index (κ1) is 23.6. The number of alkyl halides is 3. The second-order valence-corrected chi connectivity index (χ2v) is 7.79. The third-order valence-corrected chi connectivity index (χ3v) is 5.50. The van der Waals surface area contributed by atoms with Gasteiger partial charge in [-0.3, -0.25) is 14.6 Å². The number of hydrogen-bond acceptors (Lipinski definition) is 5. The standard InChI is InChI=1S/C22H16F3N5O2S/c1-4-18(31)29-19-16(26-3)9-15(10-27-19)14-7-5-6-13(8-14)12(2)20(32)30-21-28-11-17(33-21)22(23,24)25/h4-12H,1H2,2H3,(H,27,29,31)(H,28,30,32)/t12-/m0/s1. The summed E-state index contributed by atoms with van der Waals surface area (Å²) in [6, 6.07) is 8.46. The summed E-state index contributed by atoms with van der Waals surface area (Å²) in [4.78, 5) is 34.3. The highest BCUT2D eigenvalue weighted by Crippen LogP contribution is 2.35. The van der Waals surface area contributed by atoms with Gasteiger partial charge in [-0.05, 0) is 35.8 Å². The smallest absolute Gasteiger partial charge is 0.316 e. The lowest BCUT2D eigenvalue weighted by Crippen LogP contribution is -2.18. The maximum Gasteiger partial charge on any atom is 0.427 e. The molecule has 2 aromatic heterocycles. The first-order valence-electron chi connectivity index (χ1n) is 9.37. The van der Waals surface area contributed by atoms with Crippen molar-refractivity contribution in [3.05, 3.63) is 77.2 Å². The molecule has 2 heterocycles. The number of nitrogens with one attached hydrogen (secondary N) is 2. The van der Waals surface area contributed by atoms with Crippen LogP contribution in [-0.4, -0.2) is 21.8 Å². The molecule has 0 aliphatic heterocycles. The number of amides is 2. The molecule has 0 radical (unpaired) electrons. The minimum Gasteiger partial charge on any atom is -0.316 e. The molecule has 168 valence electrons. The molecule has 2 N–H and O–H groups in total. The van der Waals surface area contributed by atoms with Crippen LogP contribution in [0.25, 0.3) is 16.0 Å². The van der Waals surface area contributed by atoms with E-state index in [1.807, 2.05) is 0 Å². The lowest BCUT2D eigenvalue weighted by molar-refractivity contribution is -0.134. The molecule has 3 aromatic rings. The summed E-state index contributed by atoms with van der Waals surface area (Å²) >= 11 is 0.351. The Bertz CT molecular complexity index is 1260. The lowest BCUT2D eigenvalue weighted by Gasteiger charge is -2.13. The molecule has 0 spiro atoms. The molecule has 1 atom stereocenters. The molecule has 0 fully saturated rings. The topological polar surface area (TPSA) is 88.3 Å². The summed E-state index contributed by atoms with van der Waals surface area (Å²) in [5.41, 5.74) is 1.98. The summed E-state index contributed by atoms with van der Waals surface area (Å²) in [7, 11) is 0. The van der Waals surface area contributed by atoms with Crippen molar-refractivity contribution < 1.29 is 22.8 Å². The molecule has 11 heteroatoms. The van der Waals surface area contributed by atoms with Gasteiger partial charge in [0, 0.05) is 6.20 Å². The van der Waals surface area contributed by atoms with E-state index in [0.717, 1.165) is 6.08 Å². The van der Waals surface area contributed by atoms with Crippen molar-refractivity contribution in [1.82, 2.24) is 9.97 Å². The molecular weight excluding hydrogens is 455 g/mol. The van der Waals surface area contributed by atoms with Crippen LogP contribution in [0, 0.1) is 6.57 Å². The highest BCUT2D eigenvalue weighted by molar-refractivity contribution is 7.15. The third kappa shape index (κ3) is 5.61. The molecule has 0 bridgehead atoms. The van der Waals surface area contributed by atoms with Crippen LogP contribution in [0.4, 0.5) is 29.8 Å². The number of aromatic nitrogens is 2. The van der Waals surface area contributed by atoms with E-state index < -0.39 is 28.8 Å². The normalized spacial score (nSPS) is 11.8. The monoisotopic (exact) mass is 471 g/mol. The van der Waals surface area contributed by atoms with Gasteiger partial charge in [0.05, 0.1) is 18.7 Å². The Hall–Kier alpha value is -4.04. The largest absolute Gasteiger partial charge is 0.427 e. The Balaban J connectivity index is 1.81. The van der Waals surface area contributed by atoms with E-state index in [2.05, 4.69) is 32.0 Å². The number of carbonyl (C=O) groups excluding carboxylic acids is 2. The minimum absolute atomic E-state index is 0.101. The van der Waals surface area contributed by atoms with E-state index in [4.69, 9.17) is 6.57 Å². The van der Waals surface area contributed by atoms with Crippen molar-refractivity contribution in [1.29, 1.82) is 0 Å². The van der Waals surface area contributed by atoms with Crippen molar-refractivity contribution in [2.75, 3.05) is 10.6 Å². The summed E-state index contributed by atoms with van der Waals surface area (Å²) in [5, 5.41) is 4.73. The van der Waals surface area contributed by atoms with Gasteiger partial charge in [-0.1, -0.05) is 42.2 Å². The molecule has 33 heavy (non-hydrogen) atoms. The number of pyridine rings is 1. The number of anilines is 2. The second kappa shape index (κ2) is 9.62. The highest BCUT2D eigenvalue weighted by atomic mass is 32.1. The summed E-state index contributed by atoms with van der Waals surface area (Å²) in [6.45, 7) is 12.3. The molecule has 0 unspecified atom stereocenters. The van der Waals surface area contributed by atoms with Gasteiger partial charge in [-0.2, -0.15) is 13.2 Å². The fraction of sp³-hybridized carbons (Fsp3) is 0.136. The molecule has 2 amide bonds. The number of rotatable bonds is 6. The number of benzene rings is 1. The van der Waals surface area contributed by atoms with Gasteiger partial charge in [-0.15, -0.1) is 0 Å². The zero-order valence-corrected chi connectivity index (χ0v) is 17.9. The first-order chi connectivity index (χ1) is 15.6. The van der Waals surface area contributed by atoms with E-state index in [-0.39, 0.29) is 16.6 Å². The van der Waals surface area contributed by atoms with Crippen LogP contribution in [0.5, 0.6) is 0 Å². The zero-order chi connectivity index (χ0) is 24.2. The average Bonchev–Trinajstić information content (AvgIpc) is 3.27. The lowest BCUT2D eigenvalue weighted by atomic mass is 9.96. The van der Waals surface area contributed by atoms with Gasteiger partial charge in [0.15, 0.2) is 5.13 Å². The van der Waals surface area contributed by atoms with Gasteiger partial charge in [-0.25, -0.2) is 9.83 Å². The summed E-state index contributed by atoms with van der Waals surface area (Å²) in [6.07, 6.45) is -1.31. The van der Waals surface area contributed by atoms with Crippen molar-refractivity contribution >= 4 is 39.8 Å². The fourth-order valence-corrected chi connectivity index (χ4v) is 3.46. The van der Waals surface area contributed by atoms with Crippen LogP contribution in [0.2, 0.25) is 0 Å². The van der Waals surface area contributed by atoms with Crippen molar-refractivity contribution in [3.63, 3.8) is 0 Å². The second-order valence-electron chi connectivity index (χ2n) is 6.76. The fourth-order valence-electron chi connectivity index (χ4n) is 2.78. The molecule has 0 saturated heterocycles. The Morgan fingerprint density at radius 2 is 1.94 bits per heavy atom. The molecule has 3 rings (SSSR count). The Morgan fingerprint density at radius 3 is 2.58 bits per heavy atom. The molecule has 0 aliphatic rings. The van der Waals surface area contributed by atoms with Crippen LogP contribution in [0.1, 0.15) is 23.3 Å². The zero-order valence-electron chi connectivity index (χ0n) is 17.1. The minimum atomic E-state index is -4.52. The predicted octanol–water partition coefficient (Wildman–Crippen LogP) is 5.64. The summed E-state index contributed by atoms with van der Waals surface area (Å²) in [5.74, 6) is -1.60. The van der Waals surface area contributed by atoms with Gasteiger partial charge in [0.2, 0.25) is 17.5 Å². The molecular formula is C22H16F3N5O2S. The van der Waals surface area contributed by atoms with Crippen LogP contribution in [0.3, 0.4) is 0 Å². The Morgan fingerprint density at radius 1 is 1.18 bits per heavy atom. The average molecular weight is 471 g/mol. The molecule has 7 nitrogen and oxygen atoms in total. The predicted molar refractivity (Wildman–Crippen MR) is 119 cm³/mol. The number of halogens is 3. The van der Waals surface area contributed by atoms with Gasteiger partial charge in [0.25, 0.3) is 0 Å². The van der Waals surface area contributed by atoms with Crippen LogP contribution in [-0.2, 0) is 15.8 Å². The Kier molecular flexibility index (Phi) is 6.89. The number of hydrogen-bond donors (Lipinski definition) is 2. The molecule has 0 aliphatic carbocycles. The summed E-state index contributed by atoms with van der Waals surface area (Å²) < 4.78 is 38.2. The van der Waals surface area contributed by atoms with Crippen molar-refractivity contribution in [2.24, 2.45) is 0 Å². The van der Waals surface area contributed by atoms with Crippen LogP contribution in [0.15, 0.2) is 55.4 Å². The van der Waals surface area contributed by atoms with Crippen LogP contribution >= 0.6 is 11.3 Å². The SMILES string of the molecule is [C-]#[N+]c1cc(-c2cccc([C@H](C)C(=O)Nc3ncc(C(F)(F)F)s3)c2)cnc1NC(=O)C=C. The maximum absolute atomic E-state index is 12.7. The van der Waals surface area contributed by atoms with E-state index >= 15 is 0 Å². The van der Waals surface area contributed by atoms with Crippen LogP contribution < -0.4 is 10.6 Å². The molecule has 0 saturated carbocycles. The van der Waals surface area contributed by atoms with Crippen molar-refractivity contribution in [2.45, 2.75) is 19.0 Å². The van der Waals surface area contributed by atoms with Gasteiger partial charge >= 0.3 is 6.18 Å². The van der Waals surface area contributed by atoms with E-state index in [1.54, 1.807) is 37.3 Å². The van der Waals surface area contributed by atoms with E-state index in [9.17, 15) is 22.8 Å². The van der Waals surface area contributed by atoms with Gasteiger partial charge < -0.3 is 10.6 Å². The van der Waals surface area contributed by atoms with Gasteiger partial charge in [0.1, 0.15) is 10.7 Å². The Labute approximate surface area is 190 Å².